The smallest absolute Gasteiger partial charge is 0.270 e. The molecule has 4 aromatic rings. The largest absolute Gasteiger partial charge is 0.333 e. The van der Waals surface area contributed by atoms with Gasteiger partial charge in [0.2, 0.25) is 0 Å². The Labute approximate surface area is 168 Å². The second kappa shape index (κ2) is 6.95. The standard InChI is InChI=1S/C24H22N2OS/c1-17-5-4-6-18(13-17)15-26-21-10-12-28-23(21)14-22(26)24(27)25-11-9-19-7-2-3-8-20(19)16-25/h2-8,10,12-14H,9,11,15-16H2,1H3. The summed E-state index contributed by atoms with van der Waals surface area (Å²) in [6, 6.07) is 21.2. The van der Waals surface area contributed by atoms with Crippen LogP contribution in [0.25, 0.3) is 10.2 Å². The number of hydrogen-bond donors (Lipinski definition) is 0. The van der Waals surface area contributed by atoms with Gasteiger partial charge in [-0.05, 0) is 47.5 Å². The summed E-state index contributed by atoms with van der Waals surface area (Å²) in [6.07, 6.45) is 0.925. The Balaban J connectivity index is 1.50. The van der Waals surface area contributed by atoms with Gasteiger partial charge in [0.05, 0.1) is 10.2 Å². The molecule has 1 aliphatic rings. The maximum atomic E-state index is 13.5. The molecule has 0 fully saturated rings. The molecular formula is C24H22N2OS. The number of carbonyl (C=O) groups is 1. The van der Waals surface area contributed by atoms with Crippen molar-refractivity contribution in [1.29, 1.82) is 0 Å². The second-order valence-corrected chi connectivity index (χ2v) is 8.47. The number of thiophene rings is 1. The van der Waals surface area contributed by atoms with Gasteiger partial charge in [-0.25, -0.2) is 0 Å². The maximum absolute atomic E-state index is 13.5. The molecular weight excluding hydrogens is 364 g/mol. The van der Waals surface area contributed by atoms with Gasteiger partial charge in [0.15, 0.2) is 0 Å². The van der Waals surface area contributed by atoms with Crippen molar-refractivity contribution in [3.05, 3.63) is 94.0 Å². The molecule has 0 N–H and O–H groups in total. The number of hydrogen-bond acceptors (Lipinski definition) is 2. The first-order valence-electron chi connectivity index (χ1n) is 9.67. The summed E-state index contributed by atoms with van der Waals surface area (Å²) >= 11 is 1.70. The van der Waals surface area contributed by atoms with Crippen LogP contribution in [-0.2, 0) is 19.5 Å². The number of amides is 1. The Kier molecular flexibility index (Phi) is 4.29. The minimum absolute atomic E-state index is 0.130. The van der Waals surface area contributed by atoms with Crippen LogP contribution < -0.4 is 0 Å². The van der Waals surface area contributed by atoms with Crippen molar-refractivity contribution >= 4 is 27.5 Å². The molecule has 0 atom stereocenters. The van der Waals surface area contributed by atoms with Gasteiger partial charge in [-0.2, -0.15) is 0 Å². The summed E-state index contributed by atoms with van der Waals surface area (Å²) in [5.41, 5.74) is 7.03. The van der Waals surface area contributed by atoms with Gasteiger partial charge in [0, 0.05) is 19.6 Å². The Bertz CT molecular complexity index is 1170. The third kappa shape index (κ3) is 3.04. The van der Waals surface area contributed by atoms with Gasteiger partial charge < -0.3 is 9.47 Å². The molecule has 1 amide bonds. The van der Waals surface area contributed by atoms with Crippen LogP contribution in [0.1, 0.15) is 32.7 Å². The quantitative estimate of drug-likeness (QED) is 0.472. The molecule has 1 aliphatic heterocycles. The number of rotatable bonds is 3. The van der Waals surface area contributed by atoms with E-state index >= 15 is 0 Å². The van der Waals surface area contributed by atoms with E-state index in [1.165, 1.54) is 27.0 Å². The highest BCUT2D eigenvalue weighted by Gasteiger charge is 2.25. The molecule has 140 valence electrons. The first kappa shape index (κ1) is 17.3. The van der Waals surface area contributed by atoms with E-state index < -0.39 is 0 Å². The fraction of sp³-hybridized carbons (Fsp3) is 0.208. The molecule has 3 heterocycles. The number of benzene rings is 2. The van der Waals surface area contributed by atoms with Crippen LogP contribution in [0.2, 0.25) is 0 Å². The number of aromatic nitrogens is 1. The SMILES string of the molecule is Cc1cccc(Cn2c(C(=O)N3CCc4ccccc4C3)cc3sccc32)c1. The Morgan fingerprint density at radius 3 is 2.75 bits per heavy atom. The summed E-state index contributed by atoms with van der Waals surface area (Å²) in [5, 5.41) is 2.10. The average Bonchev–Trinajstić information content (AvgIpc) is 3.30. The van der Waals surface area contributed by atoms with Crippen LogP contribution >= 0.6 is 11.3 Å². The van der Waals surface area contributed by atoms with Crippen LogP contribution in [-0.4, -0.2) is 21.9 Å². The highest BCUT2D eigenvalue weighted by molar-refractivity contribution is 7.17. The van der Waals surface area contributed by atoms with Crippen molar-refractivity contribution in [3.8, 4) is 0 Å². The van der Waals surface area contributed by atoms with Crippen molar-refractivity contribution in [2.75, 3.05) is 6.54 Å². The zero-order chi connectivity index (χ0) is 19.1. The number of aryl methyl sites for hydroxylation is 1. The lowest BCUT2D eigenvalue weighted by Gasteiger charge is -2.29. The van der Waals surface area contributed by atoms with Crippen LogP contribution in [0.15, 0.2) is 66.0 Å². The Morgan fingerprint density at radius 1 is 1.04 bits per heavy atom. The topological polar surface area (TPSA) is 25.2 Å². The van der Waals surface area contributed by atoms with Crippen LogP contribution in [0.4, 0.5) is 0 Å². The van der Waals surface area contributed by atoms with Crippen LogP contribution in [0, 0.1) is 6.92 Å². The Hall–Kier alpha value is -2.85. The molecule has 5 rings (SSSR count). The van der Waals surface area contributed by atoms with E-state index in [0.29, 0.717) is 13.1 Å². The van der Waals surface area contributed by atoms with E-state index in [0.717, 1.165) is 24.2 Å². The Morgan fingerprint density at radius 2 is 1.89 bits per heavy atom. The van der Waals surface area contributed by atoms with E-state index in [2.05, 4.69) is 77.5 Å². The maximum Gasteiger partial charge on any atom is 0.270 e. The number of carbonyl (C=O) groups excluding carboxylic acids is 1. The van der Waals surface area contributed by atoms with E-state index in [1.54, 1.807) is 11.3 Å². The summed E-state index contributed by atoms with van der Waals surface area (Å²) < 4.78 is 3.36. The first-order chi connectivity index (χ1) is 13.7. The molecule has 0 spiro atoms. The van der Waals surface area contributed by atoms with Crippen molar-refractivity contribution in [2.45, 2.75) is 26.4 Å². The zero-order valence-electron chi connectivity index (χ0n) is 15.9. The summed E-state index contributed by atoms with van der Waals surface area (Å²) in [7, 11) is 0. The highest BCUT2D eigenvalue weighted by atomic mass is 32.1. The molecule has 4 heteroatoms. The van der Waals surface area contributed by atoms with Crippen molar-refractivity contribution in [3.63, 3.8) is 0 Å². The molecule has 0 saturated carbocycles. The van der Waals surface area contributed by atoms with E-state index in [4.69, 9.17) is 0 Å². The summed E-state index contributed by atoms with van der Waals surface area (Å²) in [4.78, 5) is 15.5. The van der Waals surface area contributed by atoms with E-state index in [1.807, 2.05) is 4.90 Å². The first-order valence-corrected chi connectivity index (χ1v) is 10.6. The van der Waals surface area contributed by atoms with Crippen molar-refractivity contribution in [1.82, 2.24) is 9.47 Å². The molecule has 2 aromatic heterocycles. The van der Waals surface area contributed by atoms with Gasteiger partial charge in [-0.15, -0.1) is 11.3 Å². The fourth-order valence-corrected chi connectivity index (χ4v) is 4.97. The lowest BCUT2D eigenvalue weighted by atomic mass is 10.00. The van der Waals surface area contributed by atoms with Gasteiger partial charge in [-0.1, -0.05) is 54.1 Å². The fourth-order valence-electron chi connectivity index (χ4n) is 4.15. The van der Waals surface area contributed by atoms with E-state index in [-0.39, 0.29) is 5.91 Å². The van der Waals surface area contributed by atoms with Crippen LogP contribution in [0.3, 0.4) is 0 Å². The molecule has 0 aliphatic carbocycles. The minimum Gasteiger partial charge on any atom is -0.333 e. The third-order valence-electron chi connectivity index (χ3n) is 5.58. The van der Waals surface area contributed by atoms with Gasteiger partial charge in [0.25, 0.3) is 5.91 Å². The third-order valence-corrected chi connectivity index (χ3v) is 6.44. The molecule has 3 nitrogen and oxygen atoms in total. The predicted octanol–water partition coefficient (Wildman–Crippen LogP) is 5.26. The molecule has 0 unspecified atom stereocenters. The second-order valence-electron chi connectivity index (χ2n) is 7.52. The lowest BCUT2D eigenvalue weighted by molar-refractivity contribution is 0.0724. The van der Waals surface area contributed by atoms with Gasteiger partial charge in [-0.3, -0.25) is 4.79 Å². The molecule has 0 radical (unpaired) electrons. The monoisotopic (exact) mass is 386 g/mol. The van der Waals surface area contributed by atoms with Crippen LogP contribution in [0.5, 0.6) is 0 Å². The predicted molar refractivity (Wildman–Crippen MR) is 115 cm³/mol. The lowest BCUT2D eigenvalue weighted by Crippen LogP contribution is -2.37. The van der Waals surface area contributed by atoms with Gasteiger partial charge >= 0.3 is 0 Å². The van der Waals surface area contributed by atoms with E-state index in [9.17, 15) is 4.79 Å². The van der Waals surface area contributed by atoms with Crippen molar-refractivity contribution in [2.24, 2.45) is 0 Å². The zero-order valence-corrected chi connectivity index (χ0v) is 16.7. The molecule has 0 saturated heterocycles. The molecule has 0 bridgehead atoms. The summed E-state index contributed by atoms with van der Waals surface area (Å²) in [5.74, 6) is 0.130. The number of nitrogens with zero attached hydrogens (tertiary/aromatic N) is 2. The van der Waals surface area contributed by atoms with Gasteiger partial charge in [0.1, 0.15) is 5.69 Å². The minimum atomic E-state index is 0.130. The molecule has 28 heavy (non-hydrogen) atoms. The number of fused-ring (bicyclic) bond motifs is 2. The van der Waals surface area contributed by atoms with Crippen molar-refractivity contribution < 1.29 is 4.79 Å². The average molecular weight is 387 g/mol. The summed E-state index contributed by atoms with van der Waals surface area (Å²) in [6.45, 7) is 4.29. The molecule has 2 aromatic carbocycles. The highest BCUT2D eigenvalue weighted by Crippen LogP contribution is 2.28. The normalized spacial score (nSPS) is 13.7.